The van der Waals surface area contributed by atoms with Crippen LogP contribution in [-0.2, 0) is 28.5 Å². The van der Waals surface area contributed by atoms with Gasteiger partial charge in [0.2, 0.25) is 0 Å². The van der Waals surface area contributed by atoms with Crippen LogP contribution in [0.15, 0.2) is 0 Å². The first-order chi connectivity index (χ1) is 10.7. The number of hydrogen-bond acceptors (Lipinski definition) is 6. The molecule has 0 aromatic heterocycles. The van der Waals surface area contributed by atoms with E-state index in [1.165, 1.54) is 0 Å². The Hall–Kier alpha value is -1.14. The van der Waals surface area contributed by atoms with E-state index in [1.807, 2.05) is 0 Å². The van der Waals surface area contributed by atoms with Gasteiger partial charge in [0.15, 0.2) is 0 Å². The lowest BCUT2D eigenvalue weighted by molar-refractivity contribution is -0.162. The highest BCUT2D eigenvalue weighted by Crippen LogP contribution is 2.51. The van der Waals surface area contributed by atoms with Gasteiger partial charge < -0.3 is 18.9 Å². The van der Waals surface area contributed by atoms with Crippen molar-refractivity contribution in [2.45, 2.75) is 37.9 Å². The molecule has 2 saturated heterocycles. The Morgan fingerprint density at radius 3 is 1.73 bits per heavy atom. The van der Waals surface area contributed by atoms with Crippen LogP contribution in [0.1, 0.15) is 25.7 Å². The first kappa shape index (κ1) is 14.5. The number of epoxide rings is 2. The van der Waals surface area contributed by atoms with E-state index in [1.54, 1.807) is 0 Å². The van der Waals surface area contributed by atoms with Gasteiger partial charge in [-0.15, -0.1) is 0 Å². The van der Waals surface area contributed by atoms with E-state index in [0.29, 0.717) is 26.4 Å². The fourth-order valence-electron chi connectivity index (χ4n) is 4.05. The fraction of sp³-hybridized carbons (Fsp3) is 0.875. The smallest absolute Gasteiger partial charge is 0.310 e. The summed E-state index contributed by atoms with van der Waals surface area (Å²) in [5.74, 6) is -0.621. The van der Waals surface area contributed by atoms with E-state index in [0.717, 1.165) is 25.7 Å². The zero-order valence-corrected chi connectivity index (χ0v) is 12.6. The average Bonchev–Trinajstić information content (AvgIpc) is 3.42. The summed E-state index contributed by atoms with van der Waals surface area (Å²) >= 11 is 0. The topological polar surface area (TPSA) is 77.7 Å². The number of rotatable bonds is 6. The number of fused-ring (bicyclic) bond motifs is 2. The molecule has 122 valence electrons. The molecule has 6 heteroatoms. The Morgan fingerprint density at radius 1 is 0.864 bits per heavy atom. The maximum Gasteiger partial charge on any atom is 0.310 e. The molecule has 0 radical (unpaired) electrons. The Labute approximate surface area is 129 Å². The van der Waals surface area contributed by atoms with Crippen LogP contribution in [0.5, 0.6) is 0 Å². The lowest BCUT2D eigenvalue weighted by Crippen LogP contribution is -2.34. The van der Waals surface area contributed by atoms with E-state index in [-0.39, 0.29) is 47.8 Å². The molecule has 6 unspecified atom stereocenters. The van der Waals surface area contributed by atoms with Crippen LogP contribution in [0, 0.1) is 23.7 Å². The van der Waals surface area contributed by atoms with Gasteiger partial charge in [-0.1, -0.05) is 6.42 Å². The first-order valence-electron chi connectivity index (χ1n) is 8.29. The summed E-state index contributed by atoms with van der Waals surface area (Å²) in [6.45, 7) is 1.95. The highest BCUT2D eigenvalue weighted by Gasteiger charge is 2.53. The first-order valence-corrected chi connectivity index (χ1v) is 8.29. The highest BCUT2D eigenvalue weighted by molar-refractivity contribution is 5.83. The van der Waals surface area contributed by atoms with Crippen LogP contribution in [0.2, 0.25) is 0 Å². The standard InChI is InChI=1S/C16H22O6/c17-15(21-7-11-5-19-11)13-9-2-1-3-10(4-9)14(13)16(18)22-8-12-6-20-12/h9-14H,1-8H2. The van der Waals surface area contributed by atoms with Gasteiger partial charge in [0.1, 0.15) is 25.4 Å². The lowest BCUT2D eigenvalue weighted by Gasteiger charge is -2.21. The summed E-state index contributed by atoms with van der Waals surface area (Å²) in [4.78, 5) is 25.0. The Morgan fingerprint density at radius 2 is 1.32 bits per heavy atom. The van der Waals surface area contributed by atoms with Crippen LogP contribution in [0.4, 0.5) is 0 Å². The fourth-order valence-corrected chi connectivity index (χ4v) is 4.05. The van der Waals surface area contributed by atoms with Gasteiger partial charge in [-0.25, -0.2) is 0 Å². The average molecular weight is 310 g/mol. The van der Waals surface area contributed by atoms with Crippen LogP contribution in [-0.4, -0.2) is 50.6 Å². The van der Waals surface area contributed by atoms with Gasteiger partial charge in [-0.2, -0.15) is 0 Å². The molecular formula is C16H22O6. The van der Waals surface area contributed by atoms with Crippen molar-refractivity contribution in [2.75, 3.05) is 26.4 Å². The number of carbonyl (C=O) groups is 2. The number of hydrogen-bond donors (Lipinski definition) is 0. The van der Waals surface area contributed by atoms with Crippen molar-refractivity contribution in [2.24, 2.45) is 23.7 Å². The van der Waals surface area contributed by atoms with E-state index >= 15 is 0 Å². The normalized spacial score (nSPS) is 41.8. The van der Waals surface area contributed by atoms with Crippen molar-refractivity contribution in [1.29, 1.82) is 0 Å². The molecule has 2 saturated carbocycles. The second-order valence-electron chi connectivity index (χ2n) is 6.91. The molecule has 4 rings (SSSR count). The molecule has 0 aromatic carbocycles. The second kappa shape index (κ2) is 5.81. The van der Waals surface area contributed by atoms with Crippen molar-refractivity contribution in [1.82, 2.24) is 0 Å². The molecule has 6 nitrogen and oxygen atoms in total. The molecule has 4 aliphatic rings. The molecule has 0 N–H and O–H groups in total. The lowest BCUT2D eigenvalue weighted by atomic mass is 9.87. The molecule has 0 amide bonds. The third-order valence-corrected chi connectivity index (χ3v) is 5.33. The molecule has 6 atom stereocenters. The van der Waals surface area contributed by atoms with Crippen molar-refractivity contribution < 1.29 is 28.5 Å². The zero-order chi connectivity index (χ0) is 15.1. The number of ether oxygens (including phenoxy) is 4. The predicted molar refractivity (Wildman–Crippen MR) is 73.8 cm³/mol. The SMILES string of the molecule is O=C(OCC1CO1)C1C2CCCC(C2)C1C(=O)OCC1CO1. The maximum absolute atomic E-state index is 12.5. The van der Waals surface area contributed by atoms with Crippen LogP contribution >= 0.6 is 0 Å². The summed E-state index contributed by atoms with van der Waals surface area (Å²) < 4.78 is 20.9. The number of esters is 2. The molecule has 2 bridgehead atoms. The minimum atomic E-state index is -0.334. The van der Waals surface area contributed by atoms with Gasteiger partial charge >= 0.3 is 11.9 Å². The van der Waals surface area contributed by atoms with E-state index < -0.39 is 0 Å². The Bertz CT molecular complexity index is 416. The van der Waals surface area contributed by atoms with E-state index in [9.17, 15) is 9.59 Å². The van der Waals surface area contributed by atoms with E-state index in [4.69, 9.17) is 18.9 Å². The molecule has 0 aromatic rings. The molecule has 2 aliphatic carbocycles. The molecule has 2 aliphatic heterocycles. The van der Waals surface area contributed by atoms with Crippen LogP contribution < -0.4 is 0 Å². The van der Waals surface area contributed by atoms with Gasteiger partial charge in [-0.05, 0) is 31.1 Å². The van der Waals surface area contributed by atoms with E-state index in [2.05, 4.69) is 0 Å². The summed E-state index contributed by atoms with van der Waals surface area (Å²) in [5, 5.41) is 0. The van der Waals surface area contributed by atoms with Crippen molar-refractivity contribution >= 4 is 11.9 Å². The highest BCUT2D eigenvalue weighted by atomic mass is 16.6. The van der Waals surface area contributed by atoms with Crippen molar-refractivity contribution in [3.63, 3.8) is 0 Å². The quantitative estimate of drug-likeness (QED) is 0.536. The van der Waals surface area contributed by atoms with Gasteiger partial charge in [0, 0.05) is 0 Å². The predicted octanol–water partition coefficient (Wildman–Crippen LogP) is 0.923. The minimum absolute atomic E-state index is 0.0575. The monoisotopic (exact) mass is 310 g/mol. The summed E-state index contributed by atoms with van der Waals surface area (Å²) in [7, 11) is 0. The van der Waals surface area contributed by atoms with Gasteiger partial charge in [-0.3, -0.25) is 9.59 Å². The van der Waals surface area contributed by atoms with Crippen molar-refractivity contribution in [3.8, 4) is 0 Å². The minimum Gasteiger partial charge on any atom is -0.463 e. The summed E-state index contributed by atoms with van der Waals surface area (Å²) in [6, 6.07) is 0. The van der Waals surface area contributed by atoms with Gasteiger partial charge in [0.05, 0.1) is 25.0 Å². The third kappa shape index (κ3) is 2.99. The maximum atomic E-state index is 12.5. The largest absolute Gasteiger partial charge is 0.463 e. The van der Waals surface area contributed by atoms with Crippen LogP contribution in [0.25, 0.3) is 0 Å². The summed E-state index contributed by atoms with van der Waals surface area (Å²) in [5.41, 5.74) is 0. The molecule has 0 spiro atoms. The number of carbonyl (C=O) groups excluding carboxylic acids is 2. The second-order valence-corrected chi connectivity index (χ2v) is 6.91. The molecule has 4 fully saturated rings. The summed E-state index contributed by atoms with van der Waals surface area (Å²) in [6.07, 6.45) is 4.15. The van der Waals surface area contributed by atoms with Crippen LogP contribution in [0.3, 0.4) is 0 Å². The Balaban J connectivity index is 1.42. The van der Waals surface area contributed by atoms with Gasteiger partial charge in [0.25, 0.3) is 0 Å². The molecule has 2 heterocycles. The molecule has 22 heavy (non-hydrogen) atoms. The van der Waals surface area contributed by atoms with Crippen molar-refractivity contribution in [3.05, 3.63) is 0 Å². The molecular weight excluding hydrogens is 288 g/mol. The third-order valence-electron chi connectivity index (χ3n) is 5.33. The zero-order valence-electron chi connectivity index (χ0n) is 12.6. The Kier molecular flexibility index (Phi) is 3.82.